The summed E-state index contributed by atoms with van der Waals surface area (Å²) in [6.45, 7) is 6.11. The van der Waals surface area contributed by atoms with Crippen LogP contribution >= 0.6 is 0 Å². The number of amides is 1. The molecular formula is C29H32N2O7. The minimum atomic E-state index is -0.783. The average Bonchev–Trinajstić information content (AvgIpc) is 3.44. The lowest BCUT2D eigenvalue weighted by Crippen LogP contribution is -2.39. The molecule has 3 heterocycles. The molecule has 3 aliphatic heterocycles. The fraction of sp³-hybridized carbons (Fsp3) is 0.414. The van der Waals surface area contributed by atoms with Crippen LogP contribution in [0.4, 0.5) is 0 Å². The number of nitrogens with zero attached hydrogens (tertiary/aromatic N) is 2. The largest absolute Gasteiger partial charge is 0.507 e. The number of methoxy groups -OCH3 is 1. The summed E-state index contributed by atoms with van der Waals surface area (Å²) in [7, 11) is 1.31. The second-order valence-corrected chi connectivity index (χ2v) is 9.87. The van der Waals surface area contributed by atoms with Gasteiger partial charge in [0, 0.05) is 38.2 Å². The van der Waals surface area contributed by atoms with Crippen LogP contribution in [0.15, 0.2) is 48.0 Å². The molecule has 9 heteroatoms. The van der Waals surface area contributed by atoms with Gasteiger partial charge < -0.3 is 24.2 Å². The zero-order valence-electron chi connectivity index (χ0n) is 21.6. The van der Waals surface area contributed by atoms with Crippen molar-refractivity contribution in [2.75, 3.05) is 46.5 Å². The predicted octanol–water partition coefficient (Wildman–Crippen LogP) is 2.94. The summed E-state index contributed by atoms with van der Waals surface area (Å²) in [5.74, 6) is -1.31. The van der Waals surface area contributed by atoms with E-state index in [1.807, 2.05) is 13.0 Å². The van der Waals surface area contributed by atoms with Crippen LogP contribution in [0.5, 0.6) is 5.75 Å². The maximum Gasteiger partial charge on any atom is 0.337 e. The van der Waals surface area contributed by atoms with Crippen molar-refractivity contribution in [3.05, 3.63) is 70.3 Å². The molecule has 5 rings (SSSR count). The molecule has 0 spiro atoms. The Morgan fingerprint density at radius 2 is 1.76 bits per heavy atom. The van der Waals surface area contributed by atoms with Crippen molar-refractivity contribution in [1.29, 1.82) is 0 Å². The summed E-state index contributed by atoms with van der Waals surface area (Å²) in [6.07, 6.45) is 1.40. The molecule has 2 aromatic carbocycles. The van der Waals surface area contributed by atoms with Crippen LogP contribution in [-0.4, -0.2) is 85.2 Å². The number of morpholine rings is 1. The highest BCUT2D eigenvalue weighted by Crippen LogP contribution is 2.40. The lowest BCUT2D eigenvalue weighted by molar-refractivity contribution is -0.140. The molecule has 1 amide bonds. The Balaban J connectivity index is 1.49. The van der Waals surface area contributed by atoms with Crippen LogP contribution in [0.1, 0.15) is 46.4 Å². The second-order valence-electron chi connectivity index (χ2n) is 9.87. The maximum absolute atomic E-state index is 13.4. The van der Waals surface area contributed by atoms with Gasteiger partial charge in [-0.1, -0.05) is 12.1 Å². The molecule has 0 bridgehead atoms. The SMILES string of the molecule is COC(=O)c1ccc([C@H]2C(=C(O)c3ccc4c(c3)C[C@H](C)O4)C(=O)C(=O)N2CCCN2CCOCC2)cc1. The van der Waals surface area contributed by atoms with Crippen molar-refractivity contribution in [2.24, 2.45) is 0 Å². The average molecular weight is 521 g/mol. The normalized spacial score (nSPS) is 22.8. The van der Waals surface area contributed by atoms with E-state index in [0.29, 0.717) is 49.3 Å². The molecular weight excluding hydrogens is 488 g/mol. The van der Waals surface area contributed by atoms with Gasteiger partial charge in [0.05, 0.1) is 37.5 Å². The van der Waals surface area contributed by atoms with Gasteiger partial charge in [-0.2, -0.15) is 0 Å². The van der Waals surface area contributed by atoms with E-state index >= 15 is 0 Å². The number of aliphatic hydroxyl groups is 1. The van der Waals surface area contributed by atoms with Gasteiger partial charge in [0.1, 0.15) is 17.6 Å². The van der Waals surface area contributed by atoms with E-state index in [2.05, 4.69) is 4.90 Å². The molecule has 2 aromatic rings. The van der Waals surface area contributed by atoms with Gasteiger partial charge in [-0.15, -0.1) is 0 Å². The van der Waals surface area contributed by atoms with Crippen LogP contribution in [0.25, 0.3) is 5.76 Å². The molecule has 0 radical (unpaired) electrons. The zero-order valence-corrected chi connectivity index (χ0v) is 21.6. The van der Waals surface area contributed by atoms with Crippen LogP contribution in [0.2, 0.25) is 0 Å². The molecule has 0 aliphatic carbocycles. The molecule has 2 atom stereocenters. The number of fused-ring (bicyclic) bond motifs is 1. The highest BCUT2D eigenvalue weighted by molar-refractivity contribution is 6.46. The Kier molecular flexibility index (Phi) is 7.49. The van der Waals surface area contributed by atoms with Crippen molar-refractivity contribution in [3.8, 4) is 5.75 Å². The number of hydrogen-bond donors (Lipinski definition) is 1. The smallest absolute Gasteiger partial charge is 0.337 e. The Morgan fingerprint density at radius 1 is 1.05 bits per heavy atom. The minimum absolute atomic E-state index is 0.0350. The van der Waals surface area contributed by atoms with Gasteiger partial charge in [-0.25, -0.2) is 4.79 Å². The van der Waals surface area contributed by atoms with Crippen LogP contribution in [-0.2, 0) is 25.5 Å². The number of benzene rings is 2. The van der Waals surface area contributed by atoms with Gasteiger partial charge in [0.15, 0.2) is 0 Å². The Bertz CT molecular complexity index is 1260. The number of Topliss-reactive ketones (excluding diaryl/α,β-unsaturated/α-hetero) is 1. The highest BCUT2D eigenvalue weighted by Gasteiger charge is 2.46. The number of likely N-dealkylation sites (tertiary alicyclic amines) is 1. The van der Waals surface area contributed by atoms with Gasteiger partial charge >= 0.3 is 5.97 Å². The van der Waals surface area contributed by atoms with Crippen molar-refractivity contribution >= 4 is 23.4 Å². The molecule has 3 aliphatic rings. The van der Waals surface area contributed by atoms with Crippen molar-refractivity contribution in [3.63, 3.8) is 0 Å². The van der Waals surface area contributed by atoms with E-state index < -0.39 is 23.7 Å². The topological polar surface area (TPSA) is 106 Å². The third kappa shape index (κ3) is 5.04. The summed E-state index contributed by atoms with van der Waals surface area (Å²) in [5.41, 5.74) is 2.43. The highest BCUT2D eigenvalue weighted by atomic mass is 16.5. The molecule has 9 nitrogen and oxygen atoms in total. The van der Waals surface area contributed by atoms with Crippen LogP contribution in [0, 0.1) is 0 Å². The summed E-state index contributed by atoms with van der Waals surface area (Å²) < 4.78 is 16.0. The molecule has 2 fully saturated rings. The van der Waals surface area contributed by atoms with Crippen molar-refractivity contribution in [2.45, 2.75) is 31.9 Å². The minimum Gasteiger partial charge on any atom is -0.507 e. The number of aliphatic hydroxyl groups excluding tert-OH is 1. The van der Waals surface area contributed by atoms with E-state index in [4.69, 9.17) is 14.2 Å². The fourth-order valence-corrected chi connectivity index (χ4v) is 5.39. The van der Waals surface area contributed by atoms with E-state index in [0.717, 1.165) is 30.9 Å². The third-order valence-corrected chi connectivity index (χ3v) is 7.33. The first-order valence-corrected chi connectivity index (χ1v) is 12.9. The first-order chi connectivity index (χ1) is 18.4. The quantitative estimate of drug-likeness (QED) is 0.257. The Hall–Kier alpha value is -3.69. The van der Waals surface area contributed by atoms with E-state index in [-0.39, 0.29) is 17.4 Å². The van der Waals surface area contributed by atoms with Gasteiger partial charge in [-0.05, 0) is 54.8 Å². The molecule has 0 unspecified atom stereocenters. The molecule has 1 N–H and O–H groups in total. The molecule has 0 saturated carbocycles. The van der Waals surface area contributed by atoms with E-state index in [1.54, 1.807) is 36.4 Å². The Labute approximate surface area is 221 Å². The lowest BCUT2D eigenvalue weighted by Gasteiger charge is -2.29. The van der Waals surface area contributed by atoms with Gasteiger partial charge in [0.25, 0.3) is 11.7 Å². The molecule has 38 heavy (non-hydrogen) atoms. The number of rotatable bonds is 7. The summed E-state index contributed by atoms with van der Waals surface area (Å²) in [4.78, 5) is 42.4. The summed E-state index contributed by atoms with van der Waals surface area (Å²) in [6, 6.07) is 11.1. The number of ketones is 1. The molecule has 2 saturated heterocycles. The van der Waals surface area contributed by atoms with Crippen LogP contribution in [0.3, 0.4) is 0 Å². The second kappa shape index (κ2) is 11.0. The first-order valence-electron chi connectivity index (χ1n) is 12.9. The predicted molar refractivity (Wildman–Crippen MR) is 139 cm³/mol. The number of esters is 1. The Morgan fingerprint density at radius 3 is 2.47 bits per heavy atom. The number of carbonyl (C=O) groups excluding carboxylic acids is 3. The van der Waals surface area contributed by atoms with Crippen molar-refractivity contribution in [1.82, 2.24) is 9.80 Å². The third-order valence-electron chi connectivity index (χ3n) is 7.33. The molecule has 0 aromatic heterocycles. The van der Waals surface area contributed by atoms with Crippen molar-refractivity contribution < 1.29 is 33.7 Å². The van der Waals surface area contributed by atoms with Crippen LogP contribution < -0.4 is 4.74 Å². The molecule has 200 valence electrons. The number of carbonyl (C=O) groups is 3. The monoisotopic (exact) mass is 520 g/mol. The first kappa shape index (κ1) is 25.9. The summed E-state index contributed by atoms with van der Waals surface area (Å²) in [5, 5.41) is 11.4. The van der Waals surface area contributed by atoms with Gasteiger partial charge in [0.2, 0.25) is 0 Å². The van der Waals surface area contributed by atoms with Gasteiger partial charge in [-0.3, -0.25) is 14.5 Å². The number of ether oxygens (including phenoxy) is 3. The number of hydrogen-bond acceptors (Lipinski definition) is 8. The standard InChI is InChI=1S/C29H32N2O7/c1-18-16-22-17-21(8-9-23(22)38-18)26(32)24-25(19-4-6-20(7-5-19)29(35)36-2)31(28(34)27(24)33)11-3-10-30-12-14-37-15-13-30/h4-9,17-18,25,32H,3,10-16H2,1-2H3/t18-,25-/m0/s1. The lowest BCUT2D eigenvalue weighted by atomic mass is 9.94. The fourth-order valence-electron chi connectivity index (χ4n) is 5.39. The summed E-state index contributed by atoms with van der Waals surface area (Å²) >= 11 is 0. The van der Waals surface area contributed by atoms with E-state index in [9.17, 15) is 19.5 Å². The maximum atomic E-state index is 13.4. The van der Waals surface area contributed by atoms with E-state index in [1.165, 1.54) is 12.0 Å². The zero-order chi connectivity index (χ0) is 26.8.